The van der Waals surface area contributed by atoms with Crippen LogP contribution in [0.15, 0.2) is 5.16 Å². The Kier molecular flexibility index (Phi) is 1.55. The van der Waals surface area contributed by atoms with E-state index in [0.717, 1.165) is 5.71 Å². The summed E-state index contributed by atoms with van der Waals surface area (Å²) < 4.78 is 0. The molecule has 0 aromatic heterocycles. The zero-order valence-electron chi connectivity index (χ0n) is 10.5. The molecule has 8 nitrogen and oxygen atoms in total. The second-order valence-electron chi connectivity index (χ2n) is 7.03. The molecule has 5 saturated carbocycles. The molecular weight excluding hydrogens is 266 g/mol. The van der Waals surface area contributed by atoms with E-state index in [2.05, 4.69) is 5.16 Å². The van der Waals surface area contributed by atoms with Crippen LogP contribution >= 0.6 is 0 Å². The largest absolute Gasteiger partial charge is 0.464 e. The SMILES string of the molecule is O=[N+]([O-])C1([N+](=O)[O-])[C@@H]2C[C@@H]3C(=NO)[C@@H]4C[C@@H]1[C@H]1[C@@H]2[C@H]3[C@@H]14. The van der Waals surface area contributed by atoms with E-state index in [1.807, 2.05) is 0 Å². The number of hydrogen-bond acceptors (Lipinski definition) is 6. The molecule has 0 spiro atoms. The summed E-state index contributed by atoms with van der Waals surface area (Å²) in [6.07, 6.45) is 0.910. The van der Waals surface area contributed by atoms with Gasteiger partial charge >= 0.3 is 5.66 Å². The highest BCUT2D eigenvalue weighted by atomic mass is 16.7. The average molecular weight is 279 g/mol. The Morgan fingerprint density at radius 3 is 1.80 bits per heavy atom. The minimum absolute atomic E-state index is 0.0433. The van der Waals surface area contributed by atoms with Gasteiger partial charge in [0.15, 0.2) is 0 Å². The third-order valence-corrected chi connectivity index (χ3v) is 7.20. The summed E-state index contributed by atoms with van der Waals surface area (Å²) in [6, 6.07) is 0. The standard InChI is InChI=1S/C12H13N3O5/c16-13-11-3-1-5-9-7(3)8-4(11)2-6(10(8)9)12(5,14(17)18)15(19)20/h3-10,16H,1-2H2/t3-,4+,5-,6-,7+,8-,9-,10+/m1/s1. The lowest BCUT2D eigenvalue weighted by Crippen LogP contribution is -2.55. The minimum atomic E-state index is -1.98. The molecule has 5 fully saturated rings. The topological polar surface area (TPSA) is 119 Å². The lowest BCUT2D eigenvalue weighted by molar-refractivity contribution is -0.813. The summed E-state index contributed by atoms with van der Waals surface area (Å²) in [4.78, 5) is 22.0. The van der Waals surface area contributed by atoms with Crippen molar-refractivity contribution in [2.45, 2.75) is 18.5 Å². The first-order chi connectivity index (χ1) is 9.55. The molecule has 0 heterocycles. The summed E-state index contributed by atoms with van der Waals surface area (Å²) in [5.41, 5.74) is -1.20. The van der Waals surface area contributed by atoms with Gasteiger partial charge in [-0.15, -0.1) is 0 Å². The second-order valence-corrected chi connectivity index (χ2v) is 7.03. The van der Waals surface area contributed by atoms with Gasteiger partial charge in [-0.05, 0) is 36.5 Å². The van der Waals surface area contributed by atoms with E-state index in [4.69, 9.17) is 0 Å². The zero-order chi connectivity index (χ0) is 14.0. The number of hydrogen-bond donors (Lipinski definition) is 1. The summed E-state index contributed by atoms with van der Waals surface area (Å²) in [6.45, 7) is 0. The van der Waals surface area contributed by atoms with Crippen molar-refractivity contribution in [2.24, 2.45) is 52.5 Å². The van der Waals surface area contributed by atoms with Gasteiger partial charge in [-0.2, -0.15) is 0 Å². The maximum Gasteiger partial charge on any atom is 0.464 e. The van der Waals surface area contributed by atoms with Crippen LogP contribution < -0.4 is 0 Å². The van der Waals surface area contributed by atoms with E-state index < -0.39 is 27.3 Å². The van der Waals surface area contributed by atoms with Crippen LogP contribution in [0, 0.1) is 67.6 Å². The first kappa shape index (κ1) is 11.0. The van der Waals surface area contributed by atoms with E-state index in [9.17, 15) is 25.4 Å². The molecule has 106 valence electrons. The fourth-order valence-electron chi connectivity index (χ4n) is 7.06. The molecule has 0 radical (unpaired) electrons. The molecule has 0 unspecified atom stereocenters. The van der Waals surface area contributed by atoms with E-state index in [1.54, 1.807) is 0 Å². The molecule has 20 heavy (non-hydrogen) atoms. The number of oxime groups is 1. The Balaban J connectivity index is 1.75. The quantitative estimate of drug-likeness (QED) is 0.347. The summed E-state index contributed by atoms with van der Waals surface area (Å²) in [5.74, 6) is -0.0625. The van der Waals surface area contributed by atoms with Gasteiger partial charge in [-0.3, -0.25) is 20.2 Å². The minimum Gasteiger partial charge on any atom is -0.411 e. The first-order valence-corrected chi connectivity index (χ1v) is 7.06. The number of rotatable bonds is 2. The van der Waals surface area contributed by atoms with Gasteiger partial charge < -0.3 is 5.21 Å². The smallest absolute Gasteiger partial charge is 0.411 e. The van der Waals surface area contributed by atoms with Crippen LogP contribution in [0.2, 0.25) is 0 Å². The molecule has 1 N–H and O–H groups in total. The molecule has 0 bridgehead atoms. The number of nitro groups is 2. The normalized spacial score (nSPS) is 57.1. The first-order valence-electron chi connectivity index (χ1n) is 7.06. The molecule has 0 amide bonds. The van der Waals surface area contributed by atoms with Crippen LogP contribution in [-0.4, -0.2) is 26.4 Å². The van der Waals surface area contributed by atoms with Crippen LogP contribution in [0.1, 0.15) is 12.8 Å². The van der Waals surface area contributed by atoms with Gasteiger partial charge in [0.1, 0.15) is 11.8 Å². The van der Waals surface area contributed by atoms with Crippen LogP contribution in [0.3, 0.4) is 0 Å². The lowest BCUT2D eigenvalue weighted by Gasteiger charge is -2.42. The van der Waals surface area contributed by atoms with E-state index in [0.29, 0.717) is 24.7 Å². The molecule has 0 aliphatic heterocycles. The van der Waals surface area contributed by atoms with Gasteiger partial charge in [-0.25, -0.2) is 0 Å². The van der Waals surface area contributed by atoms with Gasteiger partial charge in [-0.1, -0.05) is 5.16 Å². The molecular formula is C12H13N3O5. The second kappa shape index (κ2) is 2.82. The van der Waals surface area contributed by atoms with Crippen LogP contribution in [0.5, 0.6) is 0 Å². The van der Waals surface area contributed by atoms with E-state index in [-0.39, 0.29) is 23.7 Å². The maximum atomic E-state index is 11.6. The molecule has 5 aliphatic carbocycles. The molecule has 8 heteroatoms. The van der Waals surface area contributed by atoms with Crippen molar-refractivity contribution in [1.82, 2.24) is 0 Å². The van der Waals surface area contributed by atoms with Gasteiger partial charge in [0, 0.05) is 11.8 Å². The fraction of sp³-hybridized carbons (Fsp3) is 0.917. The Labute approximate surface area is 113 Å². The monoisotopic (exact) mass is 279 g/mol. The molecule has 5 aliphatic rings. The van der Waals surface area contributed by atoms with Crippen LogP contribution in [0.25, 0.3) is 0 Å². The maximum absolute atomic E-state index is 11.6. The van der Waals surface area contributed by atoms with Crippen molar-refractivity contribution in [2.75, 3.05) is 0 Å². The molecule has 8 atom stereocenters. The van der Waals surface area contributed by atoms with Crippen LogP contribution in [-0.2, 0) is 0 Å². The third-order valence-electron chi connectivity index (χ3n) is 7.20. The van der Waals surface area contributed by atoms with Crippen LogP contribution in [0.4, 0.5) is 0 Å². The Morgan fingerprint density at radius 2 is 1.45 bits per heavy atom. The molecule has 0 aromatic carbocycles. The van der Waals surface area contributed by atoms with Crippen molar-refractivity contribution in [3.05, 3.63) is 20.2 Å². The van der Waals surface area contributed by atoms with E-state index >= 15 is 0 Å². The van der Waals surface area contributed by atoms with Crippen molar-refractivity contribution >= 4 is 5.71 Å². The van der Waals surface area contributed by atoms with Gasteiger partial charge in [0.25, 0.3) is 0 Å². The predicted molar refractivity (Wildman–Crippen MR) is 63.1 cm³/mol. The van der Waals surface area contributed by atoms with Gasteiger partial charge in [0.2, 0.25) is 0 Å². The predicted octanol–water partition coefficient (Wildman–Crippen LogP) is 0.844. The van der Waals surface area contributed by atoms with E-state index in [1.165, 1.54) is 0 Å². The summed E-state index contributed by atoms with van der Waals surface area (Å²) in [7, 11) is 0. The molecule has 0 saturated heterocycles. The third kappa shape index (κ3) is 0.726. The van der Waals surface area contributed by atoms with Gasteiger partial charge in [0.05, 0.1) is 15.6 Å². The highest BCUT2D eigenvalue weighted by molar-refractivity contribution is 5.93. The Morgan fingerprint density at radius 1 is 1.00 bits per heavy atom. The molecule has 5 rings (SSSR count). The highest BCUT2D eigenvalue weighted by Gasteiger charge is 2.91. The molecule has 0 aromatic rings. The van der Waals surface area contributed by atoms with Crippen molar-refractivity contribution < 1.29 is 15.1 Å². The summed E-state index contributed by atoms with van der Waals surface area (Å²) >= 11 is 0. The average Bonchev–Trinajstić information content (AvgIpc) is 2.88. The van der Waals surface area contributed by atoms with Crippen molar-refractivity contribution in [3.63, 3.8) is 0 Å². The van der Waals surface area contributed by atoms with Crippen molar-refractivity contribution in [1.29, 1.82) is 0 Å². The Hall–Kier alpha value is -1.73. The Bertz CT molecular complexity index is 556. The highest BCUT2D eigenvalue weighted by Crippen LogP contribution is 2.81. The lowest BCUT2D eigenvalue weighted by atomic mass is 9.60. The fourth-order valence-corrected chi connectivity index (χ4v) is 7.06. The van der Waals surface area contributed by atoms with Crippen molar-refractivity contribution in [3.8, 4) is 0 Å². The number of nitrogens with zero attached hydrogens (tertiary/aromatic N) is 3. The zero-order valence-corrected chi connectivity index (χ0v) is 10.5. The summed E-state index contributed by atoms with van der Waals surface area (Å²) in [5, 5.41) is 35.9.